The molecule has 0 aromatic carbocycles. The van der Waals surface area contributed by atoms with Crippen LogP contribution in [0.1, 0.15) is 28.9 Å². The molecule has 16 heavy (non-hydrogen) atoms. The minimum atomic E-state index is 0.0560. The van der Waals surface area contributed by atoms with Gasteiger partial charge in [0.2, 0.25) is 5.88 Å². The van der Waals surface area contributed by atoms with Gasteiger partial charge < -0.3 is 9.64 Å². The summed E-state index contributed by atoms with van der Waals surface area (Å²) < 4.78 is 7.24. The lowest BCUT2D eigenvalue weighted by atomic mass is 10.2. The molecule has 2 aliphatic heterocycles. The molecule has 0 aliphatic carbocycles. The summed E-state index contributed by atoms with van der Waals surface area (Å²) in [6, 6.07) is 0. The zero-order valence-electron chi connectivity index (χ0n) is 9.40. The maximum Gasteiger partial charge on any atom is 0.274 e. The van der Waals surface area contributed by atoms with E-state index in [2.05, 4.69) is 5.10 Å². The lowest BCUT2D eigenvalue weighted by molar-refractivity contribution is 0.0785. The van der Waals surface area contributed by atoms with Gasteiger partial charge in [0, 0.05) is 18.7 Å². The van der Waals surface area contributed by atoms with Crippen LogP contribution in [0.25, 0.3) is 0 Å². The number of nitrogens with zero attached hydrogens (tertiary/aromatic N) is 3. The van der Waals surface area contributed by atoms with Crippen LogP contribution in [0, 0.1) is 6.92 Å². The molecule has 1 fully saturated rings. The van der Waals surface area contributed by atoms with Crippen molar-refractivity contribution in [3.63, 3.8) is 0 Å². The molecular formula is C11H15N3O2. The Labute approximate surface area is 94.0 Å². The number of hydrogen-bond acceptors (Lipinski definition) is 3. The fourth-order valence-corrected chi connectivity index (χ4v) is 2.37. The second-order valence-electron chi connectivity index (χ2n) is 4.35. The minimum Gasteiger partial charge on any atom is -0.476 e. The molecule has 0 atom stereocenters. The molecule has 5 heteroatoms. The summed E-state index contributed by atoms with van der Waals surface area (Å²) in [5, 5.41) is 4.34. The van der Waals surface area contributed by atoms with Crippen molar-refractivity contribution in [2.24, 2.45) is 0 Å². The number of carbonyl (C=O) groups is 1. The third kappa shape index (κ3) is 1.31. The molecule has 1 saturated heterocycles. The van der Waals surface area contributed by atoms with E-state index in [0.29, 0.717) is 12.3 Å². The van der Waals surface area contributed by atoms with E-state index in [4.69, 9.17) is 4.74 Å². The zero-order chi connectivity index (χ0) is 11.1. The Kier molecular flexibility index (Phi) is 2.12. The van der Waals surface area contributed by atoms with Gasteiger partial charge in [-0.05, 0) is 19.8 Å². The molecule has 3 heterocycles. The van der Waals surface area contributed by atoms with Crippen LogP contribution in [0.15, 0.2) is 0 Å². The average molecular weight is 221 g/mol. The summed E-state index contributed by atoms with van der Waals surface area (Å²) in [6.45, 7) is 5.06. The maximum atomic E-state index is 12.2. The number of carbonyl (C=O) groups excluding carboxylic acids is 1. The van der Waals surface area contributed by atoms with Crippen molar-refractivity contribution >= 4 is 5.91 Å². The molecule has 0 radical (unpaired) electrons. The Morgan fingerprint density at radius 1 is 1.31 bits per heavy atom. The maximum absolute atomic E-state index is 12.2. The van der Waals surface area contributed by atoms with E-state index in [-0.39, 0.29) is 5.91 Å². The predicted molar refractivity (Wildman–Crippen MR) is 57.6 cm³/mol. The molecule has 0 spiro atoms. The van der Waals surface area contributed by atoms with Crippen LogP contribution in [0.3, 0.4) is 0 Å². The van der Waals surface area contributed by atoms with Gasteiger partial charge in [-0.1, -0.05) is 0 Å². The first-order valence-corrected chi connectivity index (χ1v) is 5.77. The number of rotatable bonds is 1. The van der Waals surface area contributed by atoms with Crippen LogP contribution in [0.5, 0.6) is 5.88 Å². The van der Waals surface area contributed by atoms with Crippen molar-refractivity contribution in [1.82, 2.24) is 14.7 Å². The van der Waals surface area contributed by atoms with Gasteiger partial charge >= 0.3 is 0 Å². The van der Waals surface area contributed by atoms with Crippen LogP contribution in [-0.4, -0.2) is 40.3 Å². The fourth-order valence-electron chi connectivity index (χ4n) is 2.37. The Bertz CT molecular complexity index is 433. The smallest absolute Gasteiger partial charge is 0.274 e. The summed E-state index contributed by atoms with van der Waals surface area (Å²) in [5.74, 6) is 0.822. The van der Waals surface area contributed by atoms with E-state index in [1.807, 2.05) is 11.8 Å². The van der Waals surface area contributed by atoms with Crippen LogP contribution in [0.2, 0.25) is 0 Å². The standard InChI is InChI=1S/C11H15N3O2/c1-8-9(10(15)13-4-2-3-5-13)12-14-6-7-16-11(8)14/h2-7H2,1H3. The lowest BCUT2D eigenvalue weighted by Gasteiger charge is -2.13. The third-order valence-corrected chi connectivity index (χ3v) is 3.27. The highest BCUT2D eigenvalue weighted by Gasteiger charge is 2.28. The summed E-state index contributed by atoms with van der Waals surface area (Å²) in [4.78, 5) is 14.0. The number of likely N-dealkylation sites (tertiary alicyclic amines) is 1. The largest absolute Gasteiger partial charge is 0.476 e. The van der Waals surface area contributed by atoms with Crippen molar-refractivity contribution in [3.05, 3.63) is 11.3 Å². The first kappa shape index (κ1) is 9.69. The van der Waals surface area contributed by atoms with Gasteiger partial charge in [0.15, 0.2) is 5.69 Å². The van der Waals surface area contributed by atoms with Crippen LogP contribution in [-0.2, 0) is 6.54 Å². The zero-order valence-corrected chi connectivity index (χ0v) is 9.40. The van der Waals surface area contributed by atoms with E-state index in [1.165, 1.54) is 0 Å². The first-order valence-electron chi connectivity index (χ1n) is 5.77. The van der Waals surface area contributed by atoms with E-state index in [1.54, 1.807) is 4.68 Å². The Hall–Kier alpha value is -1.52. The number of ether oxygens (including phenoxy) is 1. The van der Waals surface area contributed by atoms with Crippen LogP contribution < -0.4 is 4.74 Å². The van der Waals surface area contributed by atoms with Crippen molar-refractivity contribution < 1.29 is 9.53 Å². The van der Waals surface area contributed by atoms with Gasteiger partial charge in [0.25, 0.3) is 5.91 Å². The number of amides is 1. The SMILES string of the molecule is Cc1c(C(=O)N2CCCC2)nn2c1OCC2. The van der Waals surface area contributed by atoms with Crippen molar-refractivity contribution in [3.8, 4) is 5.88 Å². The normalized spacial score (nSPS) is 18.7. The molecule has 2 aliphatic rings. The summed E-state index contributed by atoms with van der Waals surface area (Å²) in [7, 11) is 0. The van der Waals surface area contributed by atoms with E-state index in [9.17, 15) is 4.79 Å². The highest BCUT2D eigenvalue weighted by molar-refractivity contribution is 5.94. The summed E-state index contributed by atoms with van der Waals surface area (Å²) >= 11 is 0. The molecule has 0 saturated carbocycles. The average Bonchev–Trinajstić information content (AvgIpc) is 2.95. The molecule has 86 valence electrons. The molecular weight excluding hydrogens is 206 g/mol. The minimum absolute atomic E-state index is 0.0560. The quantitative estimate of drug-likeness (QED) is 0.705. The molecule has 1 aromatic rings. The van der Waals surface area contributed by atoms with E-state index in [0.717, 1.165) is 43.9 Å². The van der Waals surface area contributed by atoms with Crippen molar-refractivity contribution in [1.29, 1.82) is 0 Å². The fraction of sp³-hybridized carbons (Fsp3) is 0.636. The van der Waals surface area contributed by atoms with Crippen LogP contribution in [0.4, 0.5) is 0 Å². The van der Waals surface area contributed by atoms with E-state index >= 15 is 0 Å². The van der Waals surface area contributed by atoms with E-state index < -0.39 is 0 Å². The third-order valence-electron chi connectivity index (χ3n) is 3.27. The molecule has 5 nitrogen and oxygen atoms in total. The van der Waals surface area contributed by atoms with Gasteiger partial charge in [-0.25, -0.2) is 4.68 Å². The van der Waals surface area contributed by atoms with Gasteiger partial charge in [-0.3, -0.25) is 4.79 Å². The molecule has 0 N–H and O–H groups in total. The molecule has 3 rings (SSSR count). The number of fused-ring (bicyclic) bond motifs is 1. The van der Waals surface area contributed by atoms with Gasteiger partial charge in [-0.15, -0.1) is 0 Å². The molecule has 1 amide bonds. The highest BCUT2D eigenvalue weighted by Crippen LogP contribution is 2.26. The Balaban J connectivity index is 1.91. The van der Waals surface area contributed by atoms with Crippen molar-refractivity contribution in [2.45, 2.75) is 26.3 Å². The number of aromatic nitrogens is 2. The topological polar surface area (TPSA) is 47.4 Å². The Morgan fingerprint density at radius 2 is 2.06 bits per heavy atom. The van der Waals surface area contributed by atoms with Gasteiger partial charge in [0.1, 0.15) is 6.61 Å². The second kappa shape index (κ2) is 3.50. The second-order valence-corrected chi connectivity index (χ2v) is 4.35. The van der Waals surface area contributed by atoms with Crippen molar-refractivity contribution in [2.75, 3.05) is 19.7 Å². The summed E-state index contributed by atoms with van der Waals surface area (Å²) in [6.07, 6.45) is 2.21. The number of hydrogen-bond donors (Lipinski definition) is 0. The molecule has 0 bridgehead atoms. The van der Waals surface area contributed by atoms with Crippen LogP contribution >= 0.6 is 0 Å². The highest BCUT2D eigenvalue weighted by atomic mass is 16.5. The predicted octanol–water partition coefficient (Wildman–Crippen LogP) is 0.820. The summed E-state index contributed by atoms with van der Waals surface area (Å²) in [5.41, 5.74) is 1.45. The lowest BCUT2D eigenvalue weighted by Crippen LogP contribution is -2.28. The Morgan fingerprint density at radius 3 is 2.75 bits per heavy atom. The first-order chi connectivity index (χ1) is 7.77. The van der Waals surface area contributed by atoms with Gasteiger partial charge in [0.05, 0.1) is 6.54 Å². The molecule has 1 aromatic heterocycles. The molecule has 0 unspecified atom stereocenters. The monoisotopic (exact) mass is 221 g/mol. The van der Waals surface area contributed by atoms with Gasteiger partial charge in [-0.2, -0.15) is 5.10 Å².